The fourth-order valence-corrected chi connectivity index (χ4v) is 3.18. The molecule has 0 bridgehead atoms. The molecular formula is C21H20ClN3O3. The van der Waals surface area contributed by atoms with Crippen molar-refractivity contribution in [1.29, 1.82) is 0 Å². The SMILES string of the molecule is COC(=O)c1cc(NC(=O)c2cn(C)nc2-c2ccccc2Cl)cc(C)c1C. The van der Waals surface area contributed by atoms with E-state index in [9.17, 15) is 9.59 Å². The Morgan fingerprint density at radius 1 is 1.14 bits per heavy atom. The number of esters is 1. The van der Waals surface area contributed by atoms with E-state index in [1.807, 2.05) is 38.1 Å². The van der Waals surface area contributed by atoms with E-state index in [4.69, 9.17) is 16.3 Å². The van der Waals surface area contributed by atoms with Crippen LogP contribution in [0.3, 0.4) is 0 Å². The van der Waals surface area contributed by atoms with E-state index in [1.165, 1.54) is 7.11 Å². The summed E-state index contributed by atoms with van der Waals surface area (Å²) in [6.07, 6.45) is 1.64. The van der Waals surface area contributed by atoms with Gasteiger partial charge in [0.05, 0.1) is 23.3 Å². The molecule has 0 aliphatic carbocycles. The molecule has 1 N–H and O–H groups in total. The number of nitrogens with one attached hydrogen (secondary N) is 1. The number of rotatable bonds is 4. The minimum Gasteiger partial charge on any atom is -0.465 e. The van der Waals surface area contributed by atoms with Crippen molar-refractivity contribution in [1.82, 2.24) is 9.78 Å². The highest BCUT2D eigenvalue weighted by atomic mass is 35.5. The minimum atomic E-state index is -0.449. The number of hydrogen-bond acceptors (Lipinski definition) is 4. The van der Waals surface area contributed by atoms with Gasteiger partial charge in [0.25, 0.3) is 5.91 Å². The molecular weight excluding hydrogens is 378 g/mol. The Morgan fingerprint density at radius 3 is 2.54 bits per heavy atom. The molecule has 1 amide bonds. The first-order valence-corrected chi connectivity index (χ1v) is 8.99. The van der Waals surface area contributed by atoms with Gasteiger partial charge in [-0.3, -0.25) is 9.48 Å². The standard InChI is InChI=1S/C21H20ClN3O3/c1-12-9-14(10-16(13(12)2)21(27)28-4)23-20(26)17-11-25(3)24-19(17)15-7-5-6-8-18(15)22/h5-11H,1-4H3,(H,23,26). The first-order valence-electron chi connectivity index (χ1n) is 8.61. The van der Waals surface area contributed by atoms with Crippen LogP contribution in [0.5, 0.6) is 0 Å². The van der Waals surface area contributed by atoms with Gasteiger partial charge in [-0.25, -0.2) is 4.79 Å². The van der Waals surface area contributed by atoms with Crippen molar-refractivity contribution in [2.45, 2.75) is 13.8 Å². The Hall–Kier alpha value is -3.12. The lowest BCUT2D eigenvalue weighted by atomic mass is 10.0. The van der Waals surface area contributed by atoms with Gasteiger partial charge in [0.15, 0.2) is 0 Å². The number of carbonyl (C=O) groups is 2. The monoisotopic (exact) mass is 397 g/mol. The average molecular weight is 398 g/mol. The van der Waals surface area contributed by atoms with Gasteiger partial charge < -0.3 is 10.1 Å². The van der Waals surface area contributed by atoms with Crippen molar-refractivity contribution in [3.05, 3.63) is 69.9 Å². The number of aromatic nitrogens is 2. The summed E-state index contributed by atoms with van der Waals surface area (Å²) in [6, 6.07) is 10.6. The summed E-state index contributed by atoms with van der Waals surface area (Å²) in [5, 5.41) is 7.75. The van der Waals surface area contributed by atoms with Crippen LogP contribution in [0.25, 0.3) is 11.3 Å². The minimum absolute atomic E-state index is 0.345. The maximum absolute atomic E-state index is 13.0. The number of carbonyl (C=O) groups excluding carboxylic acids is 2. The van der Waals surface area contributed by atoms with Crippen molar-refractivity contribution < 1.29 is 14.3 Å². The van der Waals surface area contributed by atoms with E-state index in [2.05, 4.69) is 10.4 Å². The smallest absolute Gasteiger partial charge is 0.338 e. The average Bonchev–Trinajstić information content (AvgIpc) is 3.06. The van der Waals surface area contributed by atoms with Gasteiger partial charge in [0.1, 0.15) is 5.69 Å². The number of aryl methyl sites for hydroxylation is 2. The molecule has 0 saturated heterocycles. The summed E-state index contributed by atoms with van der Waals surface area (Å²) in [4.78, 5) is 25.0. The molecule has 3 rings (SSSR count). The van der Waals surface area contributed by atoms with E-state index < -0.39 is 5.97 Å². The molecule has 1 heterocycles. The zero-order valence-corrected chi connectivity index (χ0v) is 16.8. The number of methoxy groups -OCH3 is 1. The lowest BCUT2D eigenvalue weighted by Crippen LogP contribution is -2.14. The second kappa shape index (κ2) is 7.86. The number of nitrogens with zero attached hydrogens (tertiary/aromatic N) is 2. The van der Waals surface area contributed by atoms with E-state index in [0.717, 1.165) is 11.1 Å². The fourth-order valence-electron chi connectivity index (χ4n) is 2.96. The van der Waals surface area contributed by atoms with Crippen LogP contribution in [-0.4, -0.2) is 28.8 Å². The van der Waals surface area contributed by atoms with Crippen LogP contribution in [0.2, 0.25) is 5.02 Å². The number of hydrogen-bond donors (Lipinski definition) is 1. The summed E-state index contributed by atoms with van der Waals surface area (Å²) in [5.41, 5.74) is 4.14. The Morgan fingerprint density at radius 2 is 1.86 bits per heavy atom. The molecule has 0 atom stereocenters. The van der Waals surface area contributed by atoms with Crippen LogP contribution in [-0.2, 0) is 11.8 Å². The van der Waals surface area contributed by atoms with E-state index in [0.29, 0.717) is 33.1 Å². The third-order valence-corrected chi connectivity index (χ3v) is 4.86. The predicted octanol–water partition coefficient (Wildman–Crippen LogP) is 4.40. The van der Waals surface area contributed by atoms with Crippen molar-refractivity contribution in [3.8, 4) is 11.3 Å². The molecule has 3 aromatic rings. The van der Waals surface area contributed by atoms with E-state index in [-0.39, 0.29) is 5.91 Å². The van der Waals surface area contributed by atoms with Crippen LogP contribution in [0.1, 0.15) is 31.8 Å². The zero-order chi connectivity index (χ0) is 20.4. The molecule has 0 unspecified atom stereocenters. The van der Waals surface area contributed by atoms with Crippen LogP contribution in [0.4, 0.5) is 5.69 Å². The van der Waals surface area contributed by atoms with Gasteiger partial charge in [0, 0.05) is 24.5 Å². The molecule has 0 fully saturated rings. The molecule has 0 spiro atoms. The largest absolute Gasteiger partial charge is 0.465 e. The molecule has 28 heavy (non-hydrogen) atoms. The maximum Gasteiger partial charge on any atom is 0.338 e. The first kappa shape index (κ1) is 19.6. The number of ether oxygens (including phenoxy) is 1. The van der Waals surface area contributed by atoms with Crippen LogP contribution in [0, 0.1) is 13.8 Å². The molecule has 1 aromatic heterocycles. The van der Waals surface area contributed by atoms with Crippen molar-refractivity contribution in [2.24, 2.45) is 7.05 Å². The van der Waals surface area contributed by atoms with Crippen molar-refractivity contribution >= 4 is 29.2 Å². The highest BCUT2D eigenvalue weighted by Crippen LogP contribution is 2.30. The topological polar surface area (TPSA) is 73.2 Å². The summed E-state index contributed by atoms with van der Waals surface area (Å²) in [7, 11) is 3.07. The molecule has 7 heteroatoms. The van der Waals surface area contributed by atoms with Gasteiger partial charge >= 0.3 is 5.97 Å². The maximum atomic E-state index is 13.0. The molecule has 0 aliphatic heterocycles. The van der Waals surface area contributed by atoms with Crippen molar-refractivity contribution in [2.75, 3.05) is 12.4 Å². The van der Waals surface area contributed by atoms with Gasteiger partial charge in [-0.1, -0.05) is 29.8 Å². The molecule has 2 aromatic carbocycles. The Kier molecular flexibility index (Phi) is 5.51. The molecule has 144 valence electrons. The summed E-state index contributed by atoms with van der Waals surface area (Å²) in [6.45, 7) is 3.71. The summed E-state index contributed by atoms with van der Waals surface area (Å²) >= 11 is 6.28. The van der Waals surface area contributed by atoms with Crippen molar-refractivity contribution in [3.63, 3.8) is 0 Å². The number of anilines is 1. The number of benzene rings is 2. The third-order valence-electron chi connectivity index (χ3n) is 4.53. The quantitative estimate of drug-likeness (QED) is 0.662. The van der Waals surface area contributed by atoms with Gasteiger partial charge in [-0.05, 0) is 43.2 Å². The Balaban J connectivity index is 1.98. The third kappa shape index (κ3) is 3.77. The molecule has 0 radical (unpaired) electrons. The number of halogens is 1. The van der Waals surface area contributed by atoms with E-state index in [1.54, 1.807) is 30.1 Å². The second-order valence-electron chi connectivity index (χ2n) is 6.46. The lowest BCUT2D eigenvalue weighted by Gasteiger charge is -2.12. The van der Waals surface area contributed by atoms with Crippen LogP contribution >= 0.6 is 11.6 Å². The lowest BCUT2D eigenvalue weighted by molar-refractivity contribution is 0.0599. The Bertz CT molecular complexity index is 1070. The normalized spacial score (nSPS) is 10.6. The Labute approximate surface area is 168 Å². The van der Waals surface area contributed by atoms with Gasteiger partial charge in [-0.15, -0.1) is 0 Å². The van der Waals surface area contributed by atoms with Gasteiger partial charge in [-0.2, -0.15) is 5.10 Å². The highest BCUT2D eigenvalue weighted by Gasteiger charge is 2.20. The zero-order valence-electron chi connectivity index (χ0n) is 16.0. The molecule has 0 saturated carbocycles. The molecule has 0 aliphatic rings. The summed E-state index contributed by atoms with van der Waals surface area (Å²) < 4.78 is 6.39. The predicted molar refractivity (Wildman–Crippen MR) is 109 cm³/mol. The molecule has 6 nitrogen and oxygen atoms in total. The fraction of sp³-hybridized carbons (Fsp3) is 0.190. The summed E-state index contributed by atoms with van der Waals surface area (Å²) in [5.74, 6) is -0.795. The van der Waals surface area contributed by atoms with Gasteiger partial charge in [0.2, 0.25) is 0 Å². The van der Waals surface area contributed by atoms with Crippen LogP contribution in [0.15, 0.2) is 42.6 Å². The van der Waals surface area contributed by atoms with Crippen LogP contribution < -0.4 is 5.32 Å². The van der Waals surface area contributed by atoms with E-state index >= 15 is 0 Å². The highest BCUT2D eigenvalue weighted by molar-refractivity contribution is 6.33. The number of amides is 1. The first-order chi connectivity index (χ1) is 13.3. The second-order valence-corrected chi connectivity index (χ2v) is 6.86.